The SMILES string of the molecule is CCN(C(=O)c1ccc(CCN)cc1)C(C)CN(C)C. The maximum absolute atomic E-state index is 12.6. The third kappa shape index (κ3) is 4.62. The Morgan fingerprint density at radius 3 is 2.30 bits per heavy atom. The molecule has 1 aromatic carbocycles. The summed E-state index contributed by atoms with van der Waals surface area (Å²) in [6.07, 6.45) is 0.850. The van der Waals surface area contributed by atoms with E-state index in [0.717, 1.165) is 25.1 Å². The summed E-state index contributed by atoms with van der Waals surface area (Å²) in [4.78, 5) is 16.6. The number of benzene rings is 1. The molecule has 0 heterocycles. The van der Waals surface area contributed by atoms with Crippen molar-refractivity contribution in [2.24, 2.45) is 5.73 Å². The van der Waals surface area contributed by atoms with Crippen LogP contribution >= 0.6 is 0 Å². The molecule has 0 aliphatic carbocycles. The van der Waals surface area contributed by atoms with E-state index in [1.165, 1.54) is 5.56 Å². The van der Waals surface area contributed by atoms with Gasteiger partial charge in [-0.25, -0.2) is 0 Å². The lowest BCUT2D eigenvalue weighted by Crippen LogP contribution is -2.43. The molecule has 2 N–H and O–H groups in total. The number of hydrogen-bond donors (Lipinski definition) is 1. The van der Waals surface area contributed by atoms with Crippen molar-refractivity contribution in [1.29, 1.82) is 0 Å². The fourth-order valence-corrected chi connectivity index (χ4v) is 2.43. The standard InChI is InChI=1S/C16H27N3O/c1-5-19(13(2)12-18(3)4)16(20)15-8-6-14(7-9-15)10-11-17/h6-9,13H,5,10-12,17H2,1-4H3. The van der Waals surface area contributed by atoms with Gasteiger partial charge in [-0.15, -0.1) is 0 Å². The summed E-state index contributed by atoms with van der Waals surface area (Å²) >= 11 is 0. The molecule has 112 valence electrons. The highest BCUT2D eigenvalue weighted by Gasteiger charge is 2.20. The lowest BCUT2D eigenvalue weighted by atomic mass is 10.1. The second kappa shape index (κ2) is 8.02. The molecule has 0 fully saturated rings. The minimum Gasteiger partial charge on any atom is -0.335 e. The van der Waals surface area contributed by atoms with Crippen LogP contribution in [0.3, 0.4) is 0 Å². The van der Waals surface area contributed by atoms with E-state index in [0.29, 0.717) is 6.54 Å². The molecule has 0 aromatic heterocycles. The number of carbonyl (C=O) groups excluding carboxylic acids is 1. The Kier molecular flexibility index (Phi) is 6.68. The van der Waals surface area contributed by atoms with Crippen LogP contribution in [-0.2, 0) is 6.42 Å². The molecule has 0 saturated heterocycles. The lowest BCUT2D eigenvalue weighted by molar-refractivity contribution is 0.0679. The largest absolute Gasteiger partial charge is 0.335 e. The van der Waals surface area contributed by atoms with Crippen molar-refractivity contribution in [3.8, 4) is 0 Å². The maximum Gasteiger partial charge on any atom is 0.254 e. The predicted octanol–water partition coefficient (Wildman–Crippen LogP) is 1.60. The van der Waals surface area contributed by atoms with Gasteiger partial charge in [0.05, 0.1) is 0 Å². The number of amides is 1. The van der Waals surface area contributed by atoms with Gasteiger partial charge >= 0.3 is 0 Å². The minimum absolute atomic E-state index is 0.0983. The molecule has 4 nitrogen and oxygen atoms in total. The van der Waals surface area contributed by atoms with Gasteiger partial charge < -0.3 is 15.5 Å². The first-order chi connectivity index (χ1) is 9.49. The molecule has 0 radical (unpaired) electrons. The second-order valence-corrected chi connectivity index (χ2v) is 5.44. The van der Waals surface area contributed by atoms with Crippen LogP contribution in [0.4, 0.5) is 0 Å². The number of rotatable bonds is 7. The summed E-state index contributed by atoms with van der Waals surface area (Å²) in [6, 6.07) is 7.98. The zero-order chi connectivity index (χ0) is 15.1. The topological polar surface area (TPSA) is 49.6 Å². The molecule has 1 aromatic rings. The third-order valence-corrected chi connectivity index (χ3v) is 3.40. The summed E-state index contributed by atoms with van der Waals surface area (Å²) in [6.45, 7) is 6.33. The first-order valence-electron chi connectivity index (χ1n) is 7.24. The van der Waals surface area contributed by atoms with E-state index in [-0.39, 0.29) is 11.9 Å². The van der Waals surface area contributed by atoms with Gasteiger partial charge in [0.1, 0.15) is 0 Å². The Hall–Kier alpha value is -1.39. The van der Waals surface area contributed by atoms with Crippen LogP contribution in [0.25, 0.3) is 0 Å². The predicted molar refractivity (Wildman–Crippen MR) is 83.9 cm³/mol. The highest BCUT2D eigenvalue weighted by Crippen LogP contribution is 2.11. The van der Waals surface area contributed by atoms with Gasteiger partial charge in [0, 0.05) is 24.7 Å². The van der Waals surface area contributed by atoms with Gasteiger partial charge in [-0.05, 0) is 58.6 Å². The zero-order valence-electron chi connectivity index (χ0n) is 13.1. The molecule has 0 saturated carbocycles. The smallest absolute Gasteiger partial charge is 0.254 e. The third-order valence-electron chi connectivity index (χ3n) is 3.40. The molecule has 0 spiro atoms. The van der Waals surface area contributed by atoms with Crippen LogP contribution in [0, 0.1) is 0 Å². The summed E-state index contributed by atoms with van der Waals surface area (Å²) in [5, 5.41) is 0. The summed E-state index contributed by atoms with van der Waals surface area (Å²) < 4.78 is 0. The second-order valence-electron chi connectivity index (χ2n) is 5.44. The number of likely N-dealkylation sites (N-methyl/N-ethyl adjacent to an activating group) is 2. The molecule has 4 heteroatoms. The quantitative estimate of drug-likeness (QED) is 0.823. The highest BCUT2D eigenvalue weighted by molar-refractivity contribution is 5.94. The van der Waals surface area contributed by atoms with Crippen molar-refractivity contribution < 1.29 is 4.79 Å². The van der Waals surface area contributed by atoms with Crippen molar-refractivity contribution in [1.82, 2.24) is 9.80 Å². The van der Waals surface area contributed by atoms with Crippen LogP contribution in [0.15, 0.2) is 24.3 Å². The Bertz CT molecular complexity index is 414. The van der Waals surface area contributed by atoms with Crippen LogP contribution in [0.2, 0.25) is 0 Å². The summed E-state index contributed by atoms with van der Waals surface area (Å²) in [5.41, 5.74) is 7.46. The Labute approximate surface area is 122 Å². The normalized spacial score (nSPS) is 12.5. The van der Waals surface area contributed by atoms with Crippen molar-refractivity contribution in [2.75, 3.05) is 33.7 Å². The lowest BCUT2D eigenvalue weighted by Gasteiger charge is -2.30. The summed E-state index contributed by atoms with van der Waals surface area (Å²) in [7, 11) is 4.05. The van der Waals surface area contributed by atoms with Crippen molar-refractivity contribution in [3.05, 3.63) is 35.4 Å². The average molecular weight is 277 g/mol. The van der Waals surface area contributed by atoms with E-state index in [4.69, 9.17) is 5.73 Å². The molecular formula is C16H27N3O. The molecule has 20 heavy (non-hydrogen) atoms. The van der Waals surface area contributed by atoms with E-state index < -0.39 is 0 Å². The van der Waals surface area contributed by atoms with Gasteiger partial charge in [0.2, 0.25) is 0 Å². The molecule has 1 unspecified atom stereocenters. The molecular weight excluding hydrogens is 250 g/mol. The molecule has 0 bridgehead atoms. The fraction of sp³-hybridized carbons (Fsp3) is 0.562. The van der Waals surface area contributed by atoms with E-state index in [2.05, 4.69) is 11.8 Å². The number of carbonyl (C=O) groups is 1. The molecule has 0 aliphatic heterocycles. The molecule has 0 aliphatic rings. The van der Waals surface area contributed by atoms with Crippen LogP contribution in [0.5, 0.6) is 0 Å². The number of hydrogen-bond acceptors (Lipinski definition) is 3. The molecule has 1 atom stereocenters. The minimum atomic E-state index is 0.0983. The Morgan fingerprint density at radius 1 is 1.25 bits per heavy atom. The van der Waals surface area contributed by atoms with Crippen molar-refractivity contribution in [2.45, 2.75) is 26.3 Å². The van der Waals surface area contributed by atoms with Crippen LogP contribution in [-0.4, -0.2) is 55.5 Å². The van der Waals surface area contributed by atoms with E-state index in [1.807, 2.05) is 50.2 Å². The van der Waals surface area contributed by atoms with Crippen molar-refractivity contribution >= 4 is 5.91 Å². The van der Waals surface area contributed by atoms with E-state index >= 15 is 0 Å². The first kappa shape index (κ1) is 16.7. The maximum atomic E-state index is 12.6. The van der Waals surface area contributed by atoms with Crippen molar-refractivity contribution in [3.63, 3.8) is 0 Å². The molecule has 1 amide bonds. The molecule has 1 rings (SSSR count). The average Bonchev–Trinajstić information content (AvgIpc) is 2.39. The first-order valence-corrected chi connectivity index (χ1v) is 7.24. The van der Waals surface area contributed by atoms with E-state index in [9.17, 15) is 4.79 Å². The number of nitrogens with zero attached hydrogens (tertiary/aromatic N) is 2. The van der Waals surface area contributed by atoms with Gasteiger partial charge in [-0.1, -0.05) is 12.1 Å². The summed E-state index contributed by atoms with van der Waals surface area (Å²) in [5.74, 6) is 0.0983. The van der Waals surface area contributed by atoms with Gasteiger partial charge in [-0.3, -0.25) is 4.79 Å². The fourth-order valence-electron chi connectivity index (χ4n) is 2.43. The van der Waals surface area contributed by atoms with Gasteiger partial charge in [0.15, 0.2) is 0 Å². The van der Waals surface area contributed by atoms with Gasteiger partial charge in [-0.2, -0.15) is 0 Å². The Balaban J connectivity index is 2.79. The van der Waals surface area contributed by atoms with Crippen LogP contribution in [0.1, 0.15) is 29.8 Å². The Morgan fingerprint density at radius 2 is 1.85 bits per heavy atom. The zero-order valence-corrected chi connectivity index (χ0v) is 13.1. The van der Waals surface area contributed by atoms with Crippen LogP contribution < -0.4 is 5.73 Å². The van der Waals surface area contributed by atoms with E-state index in [1.54, 1.807) is 0 Å². The van der Waals surface area contributed by atoms with Gasteiger partial charge in [0.25, 0.3) is 5.91 Å². The monoisotopic (exact) mass is 277 g/mol. The highest BCUT2D eigenvalue weighted by atomic mass is 16.2. The number of nitrogens with two attached hydrogens (primary N) is 1.